The minimum Gasteiger partial charge on any atom is -0.356 e. The van der Waals surface area contributed by atoms with Gasteiger partial charge in [0.2, 0.25) is 5.91 Å². The van der Waals surface area contributed by atoms with Crippen LogP contribution in [-0.2, 0) is 4.79 Å². The smallest absolute Gasteiger partial charge is 0.221 e. The Morgan fingerprint density at radius 2 is 2.15 bits per heavy atom. The molecule has 3 nitrogen and oxygen atoms in total. The lowest BCUT2D eigenvalue weighted by atomic mass is 10.0. The van der Waals surface area contributed by atoms with Crippen molar-refractivity contribution in [3.8, 4) is 0 Å². The highest BCUT2D eigenvalue weighted by Crippen LogP contribution is 2.10. The molecular formula is C10H20N2O. The molecule has 0 aromatic rings. The number of carbonyl (C=O) groups excluding carboxylic acids is 1. The number of amides is 1. The summed E-state index contributed by atoms with van der Waals surface area (Å²) in [6, 6.07) is 0.350. The summed E-state index contributed by atoms with van der Waals surface area (Å²) in [6.45, 7) is 7.24. The molecule has 3 heteroatoms. The molecule has 1 rings (SSSR count). The summed E-state index contributed by atoms with van der Waals surface area (Å²) in [4.78, 5) is 11.2. The molecular weight excluding hydrogens is 164 g/mol. The van der Waals surface area contributed by atoms with Crippen LogP contribution in [0.3, 0.4) is 0 Å². The Kier molecular flexibility index (Phi) is 3.31. The second kappa shape index (κ2) is 4.09. The Labute approximate surface area is 80.3 Å². The molecule has 2 N–H and O–H groups in total. The maximum absolute atomic E-state index is 11.2. The highest BCUT2D eigenvalue weighted by Gasteiger charge is 2.21. The topological polar surface area (TPSA) is 41.1 Å². The summed E-state index contributed by atoms with van der Waals surface area (Å²) >= 11 is 0. The van der Waals surface area contributed by atoms with Crippen LogP contribution < -0.4 is 10.6 Å². The van der Waals surface area contributed by atoms with Crippen LogP contribution in [0.25, 0.3) is 0 Å². The van der Waals surface area contributed by atoms with Crippen molar-refractivity contribution in [3.63, 3.8) is 0 Å². The zero-order chi connectivity index (χ0) is 9.90. The van der Waals surface area contributed by atoms with Crippen LogP contribution in [0.4, 0.5) is 0 Å². The largest absolute Gasteiger partial charge is 0.356 e. The first-order chi connectivity index (χ1) is 5.97. The van der Waals surface area contributed by atoms with Crippen LogP contribution in [0.2, 0.25) is 0 Å². The van der Waals surface area contributed by atoms with Crippen molar-refractivity contribution in [2.75, 3.05) is 6.54 Å². The standard InChI is InChI=1S/C10H20N2O/c1-10(2,3)12-8-5-4-6-11-9(13)7-8/h8,12H,4-7H2,1-3H3,(H,11,13). The molecule has 13 heavy (non-hydrogen) atoms. The number of hydrogen-bond acceptors (Lipinski definition) is 2. The van der Waals surface area contributed by atoms with E-state index in [-0.39, 0.29) is 11.4 Å². The van der Waals surface area contributed by atoms with Gasteiger partial charge in [-0.2, -0.15) is 0 Å². The van der Waals surface area contributed by atoms with Crippen molar-refractivity contribution in [3.05, 3.63) is 0 Å². The van der Waals surface area contributed by atoms with Gasteiger partial charge in [0.15, 0.2) is 0 Å². The molecule has 1 aliphatic rings. The van der Waals surface area contributed by atoms with Gasteiger partial charge in [-0.05, 0) is 33.6 Å². The van der Waals surface area contributed by atoms with Gasteiger partial charge in [0.05, 0.1) is 0 Å². The van der Waals surface area contributed by atoms with Crippen molar-refractivity contribution < 1.29 is 4.79 Å². The van der Waals surface area contributed by atoms with E-state index in [4.69, 9.17) is 0 Å². The third-order valence-electron chi connectivity index (χ3n) is 2.12. The first-order valence-corrected chi connectivity index (χ1v) is 5.02. The lowest BCUT2D eigenvalue weighted by Gasteiger charge is -2.27. The number of nitrogens with one attached hydrogen (secondary N) is 2. The quantitative estimate of drug-likeness (QED) is 0.639. The highest BCUT2D eigenvalue weighted by atomic mass is 16.1. The molecule has 0 saturated carbocycles. The summed E-state index contributed by atoms with van der Waals surface area (Å²) in [6.07, 6.45) is 2.80. The lowest BCUT2D eigenvalue weighted by Crippen LogP contribution is -2.44. The average Bonchev–Trinajstić information content (AvgIpc) is 2.10. The molecule has 0 spiro atoms. The van der Waals surface area contributed by atoms with Crippen molar-refractivity contribution in [2.24, 2.45) is 0 Å². The van der Waals surface area contributed by atoms with E-state index in [1.54, 1.807) is 0 Å². The fraction of sp³-hybridized carbons (Fsp3) is 0.900. The Morgan fingerprint density at radius 3 is 2.77 bits per heavy atom. The minimum atomic E-state index is 0.106. The Balaban J connectivity index is 2.44. The fourth-order valence-electron chi connectivity index (χ4n) is 1.71. The van der Waals surface area contributed by atoms with Gasteiger partial charge in [0, 0.05) is 24.5 Å². The van der Waals surface area contributed by atoms with Crippen LogP contribution in [0.15, 0.2) is 0 Å². The van der Waals surface area contributed by atoms with Gasteiger partial charge in [-0.25, -0.2) is 0 Å². The van der Waals surface area contributed by atoms with Crippen LogP contribution >= 0.6 is 0 Å². The molecule has 0 aromatic heterocycles. The van der Waals surface area contributed by atoms with E-state index < -0.39 is 0 Å². The van der Waals surface area contributed by atoms with Crippen LogP contribution in [0, 0.1) is 0 Å². The molecule has 1 amide bonds. The molecule has 1 fully saturated rings. The first-order valence-electron chi connectivity index (χ1n) is 5.02. The minimum absolute atomic E-state index is 0.106. The van der Waals surface area contributed by atoms with E-state index >= 15 is 0 Å². The van der Waals surface area contributed by atoms with E-state index in [1.165, 1.54) is 0 Å². The predicted octanol–water partition coefficient (Wildman–Crippen LogP) is 1.04. The molecule has 0 radical (unpaired) electrons. The highest BCUT2D eigenvalue weighted by molar-refractivity contribution is 5.76. The van der Waals surface area contributed by atoms with Gasteiger partial charge in [-0.15, -0.1) is 0 Å². The molecule has 1 saturated heterocycles. The summed E-state index contributed by atoms with van der Waals surface area (Å²) in [5.74, 6) is 0.180. The second-order valence-corrected chi connectivity index (χ2v) is 4.79. The molecule has 76 valence electrons. The van der Waals surface area contributed by atoms with E-state index in [0.29, 0.717) is 12.5 Å². The lowest BCUT2D eigenvalue weighted by molar-refractivity contribution is -0.121. The third-order valence-corrected chi connectivity index (χ3v) is 2.12. The fourth-order valence-corrected chi connectivity index (χ4v) is 1.71. The molecule has 1 unspecified atom stereocenters. The van der Waals surface area contributed by atoms with Gasteiger partial charge in [0.25, 0.3) is 0 Å². The SMILES string of the molecule is CC(C)(C)NC1CCCNC(=O)C1. The Hall–Kier alpha value is -0.570. The van der Waals surface area contributed by atoms with Crippen molar-refractivity contribution in [1.29, 1.82) is 0 Å². The molecule has 0 aliphatic carbocycles. The van der Waals surface area contributed by atoms with Gasteiger partial charge in [-0.3, -0.25) is 4.79 Å². The van der Waals surface area contributed by atoms with E-state index in [2.05, 4.69) is 31.4 Å². The Bertz CT molecular complexity index is 184. The maximum Gasteiger partial charge on any atom is 0.221 e. The maximum atomic E-state index is 11.2. The summed E-state index contributed by atoms with van der Waals surface area (Å²) in [7, 11) is 0. The van der Waals surface area contributed by atoms with Gasteiger partial charge in [0.1, 0.15) is 0 Å². The summed E-state index contributed by atoms with van der Waals surface area (Å²) < 4.78 is 0. The number of hydrogen-bond donors (Lipinski definition) is 2. The molecule has 0 aromatic carbocycles. The van der Waals surface area contributed by atoms with E-state index in [0.717, 1.165) is 19.4 Å². The van der Waals surface area contributed by atoms with Gasteiger partial charge < -0.3 is 10.6 Å². The number of carbonyl (C=O) groups is 1. The monoisotopic (exact) mass is 184 g/mol. The zero-order valence-electron chi connectivity index (χ0n) is 8.81. The van der Waals surface area contributed by atoms with Crippen molar-refractivity contribution >= 4 is 5.91 Å². The van der Waals surface area contributed by atoms with Crippen molar-refractivity contribution in [2.45, 2.75) is 51.6 Å². The van der Waals surface area contributed by atoms with Crippen LogP contribution in [0.1, 0.15) is 40.0 Å². The second-order valence-electron chi connectivity index (χ2n) is 4.79. The molecule has 1 heterocycles. The van der Waals surface area contributed by atoms with Crippen LogP contribution in [0.5, 0.6) is 0 Å². The van der Waals surface area contributed by atoms with Crippen molar-refractivity contribution in [1.82, 2.24) is 10.6 Å². The predicted molar refractivity (Wildman–Crippen MR) is 53.5 cm³/mol. The molecule has 1 aliphatic heterocycles. The van der Waals surface area contributed by atoms with Gasteiger partial charge >= 0.3 is 0 Å². The first kappa shape index (κ1) is 10.5. The van der Waals surface area contributed by atoms with E-state index in [9.17, 15) is 4.79 Å². The summed E-state index contributed by atoms with van der Waals surface area (Å²) in [5, 5.41) is 6.35. The zero-order valence-corrected chi connectivity index (χ0v) is 8.81. The van der Waals surface area contributed by atoms with Gasteiger partial charge in [-0.1, -0.05) is 0 Å². The number of rotatable bonds is 1. The van der Waals surface area contributed by atoms with E-state index in [1.807, 2.05) is 0 Å². The summed E-state index contributed by atoms with van der Waals surface area (Å²) in [5.41, 5.74) is 0.106. The van der Waals surface area contributed by atoms with Crippen LogP contribution in [-0.4, -0.2) is 24.0 Å². The molecule has 0 bridgehead atoms. The third kappa shape index (κ3) is 4.27. The Morgan fingerprint density at radius 1 is 1.46 bits per heavy atom. The average molecular weight is 184 g/mol. The normalized spacial score (nSPS) is 25.2. The molecule has 1 atom stereocenters.